The number of ether oxygens (including phenoxy) is 2. The van der Waals surface area contributed by atoms with Crippen molar-refractivity contribution in [3.05, 3.63) is 35.4 Å². The van der Waals surface area contributed by atoms with Crippen molar-refractivity contribution >= 4 is 23.9 Å². The Labute approximate surface area is 133 Å². The fraction of sp³-hybridized carbons (Fsp3) is 0.333. The highest BCUT2D eigenvalue weighted by Crippen LogP contribution is 2.11. The molecule has 8 nitrogen and oxygen atoms in total. The van der Waals surface area contributed by atoms with Gasteiger partial charge in [0.25, 0.3) is 5.91 Å². The first-order valence-electron chi connectivity index (χ1n) is 6.91. The van der Waals surface area contributed by atoms with Crippen molar-refractivity contribution in [2.75, 3.05) is 20.3 Å². The van der Waals surface area contributed by atoms with Crippen LogP contribution in [0.25, 0.3) is 0 Å². The van der Waals surface area contributed by atoms with Crippen molar-refractivity contribution in [1.82, 2.24) is 10.6 Å². The van der Waals surface area contributed by atoms with Gasteiger partial charge in [0.1, 0.15) is 0 Å². The van der Waals surface area contributed by atoms with Crippen LogP contribution in [0.15, 0.2) is 24.3 Å². The van der Waals surface area contributed by atoms with Crippen LogP contribution in [0.5, 0.6) is 0 Å². The van der Waals surface area contributed by atoms with Crippen LogP contribution in [0.3, 0.4) is 0 Å². The first kappa shape index (κ1) is 18.1. The third-order valence-electron chi connectivity index (χ3n) is 2.68. The summed E-state index contributed by atoms with van der Waals surface area (Å²) in [7, 11) is 1.19. The molecular weight excluding hydrogens is 304 g/mol. The van der Waals surface area contributed by atoms with E-state index in [1.165, 1.54) is 19.2 Å². The quantitative estimate of drug-likeness (QED) is 0.752. The lowest BCUT2D eigenvalue weighted by atomic mass is 10.1. The molecule has 0 atom stereocenters. The number of carbonyl (C=O) groups is 4. The monoisotopic (exact) mass is 322 g/mol. The van der Waals surface area contributed by atoms with Crippen LogP contribution < -0.4 is 10.6 Å². The van der Waals surface area contributed by atoms with Crippen LogP contribution in [0.4, 0.5) is 4.79 Å². The number of rotatable bonds is 6. The van der Waals surface area contributed by atoms with Crippen molar-refractivity contribution < 1.29 is 28.7 Å². The maximum Gasteiger partial charge on any atom is 0.339 e. The Hall–Kier alpha value is -2.90. The molecule has 2 N–H and O–H groups in total. The lowest BCUT2D eigenvalue weighted by Crippen LogP contribution is -2.41. The van der Waals surface area contributed by atoms with Crippen LogP contribution in [0, 0.1) is 0 Å². The van der Waals surface area contributed by atoms with Gasteiger partial charge in [0.05, 0.1) is 18.2 Å². The maximum atomic E-state index is 11.9. The van der Waals surface area contributed by atoms with E-state index in [-0.39, 0.29) is 11.1 Å². The largest absolute Gasteiger partial charge is 0.465 e. The summed E-state index contributed by atoms with van der Waals surface area (Å²) < 4.78 is 9.36. The van der Waals surface area contributed by atoms with Gasteiger partial charge in [-0.2, -0.15) is 0 Å². The fourth-order valence-electron chi connectivity index (χ4n) is 1.60. The highest BCUT2D eigenvalue weighted by Gasteiger charge is 2.19. The SMILES string of the molecule is CCCNC(=O)NC(=O)COC(=O)c1ccccc1C(=O)OC. The van der Waals surface area contributed by atoms with Crippen LogP contribution in [-0.4, -0.2) is 44.1 Å². The number of carbonyl (C=O) groups excluding carboxylic acids is 4. The molecule has 1 rings (SSSR count). The second-order valence-corrected chi connectivity index (χ2v) is 4.42. The molecular formula is C15H18N2O6. The van der Waals surface area contributed by atoms with E-state index in [0.717, 1.165) is 6.42 Å². The van der Waals surface area contributed by atoms with Crippen LogP contribution >= 0.6 is 0 Å². The van der Waals surface area contributed by atoms with Crippen LogP contribution in [-0.2, 0) is 14.3 Å². The molecule has 23 heavy (non-hydrogen) atoms. The third-order valence-corrected chi connectivity index (χ3v) is 2.68. The molecule has 0 aliphatic rings. The lowest BCUT2D eigenvalue weighted by Gasteiger charge is -2.08. The summed E-state index contributed by atoms with van der Waals surface area (Å²) in [4.78, 5) is 46.2. The number of esters is 2. The first-order chi connectivity index (χ1) is 11.0. The van der Waals surface area contributed by atoms with Gasteiger partial charge in [-0.25, -0.2) is 14.4 Å². The minimum absolute atomic E-state index is 0.0254. The van der Waals surface area contributed by atoms with Gasteiger partial charge < -0.3 is 14.8 Å². The molecule has 0 fully saturated rings. The molecule has 0 saturated heterocycles. The summed E-state index contributed by atoms with van der Waals surface area (Å²) in [6.07, 6.45) is 0.723. The van der Waals surface area contributed by atoms with E-state index in [0.29, 0.717) is 6.54 Å². The molecule has 0 spiro atoms. The number of benzene rings is 1. The van der Waals surface area contributed by atoms with Crippen LogP contribution in [0.1, 0.15) is 34.1 Å². The highest BCUT2D eigenvalue weighted by atomic mass is 16.5. The summed E-state index contributed by atoms with van der Waals surface area (Å²) >= 11 is 0. The first-order valence-corrected chi connectivity index (χ1v) is 6.91. The predicted molar refractivity (Wildman–Crippen MR) is 79.9 cm³/mol. The zero-order valence-corrected chi connectivity index (χ0v) is 12.9. The zero-order chi connectivity index (χ0) is 17.2. The number of amides is 3. The van der Waals surface area contributed by atoms with Crippen molar-refractivity contribution in [2.45, 2.75) is 13.3 Å². The molecule has 0 aliphatic carbocycles. The molecule has 0 aliphatic heterocycles. The maximum absolute atomic E-state index is 11.9. The van der Waals surface area contributed by atoms with Gasteiger partial charge in [0.2, 0.25) is 0 Å². The van der Waals surface area contributed by atoms with Gasteiger partial charge in [-0.3, -0.25) is 10.1 Å². The van der Waals surface area contributed by atoms with Crippen LogP contribution in [0.2, 0.25) is 0 Å². The topological polar surface area (TPSA) is 111 Å². The van der Waals surface area contributed by atoms with Crippen molar-refractivity contribution in [3.63, 3.8) is 0 Å². The van der Waals surface area contributed by atoms with E-state index >= 15 is 0 Å². The highest BCUT2D eigenvalue weighted by molar-refractivity contribution is 6.04. The zero-order valence-electron chi connectivity index (χ0n) is 12.9. The summed E-state index contributed by atoms with van der Waals surface area (Å²) in [5, 5.41) is 4.45. The van der Waals surface area contributed by atoms with Crippen molar-refractivity contribution in [3.8, 4) is 0 Å². The van der Waals surface area contributed by atoms with E-state index in [4.69, 9.17) is 4.74 Å². The molecule has 0 heterocycles. The standard InChI is InChI=1S/C15H18N2O6/c1-3-8-16-15(21)17-12(18)9-23-14(20)11-7-5-4-6-10(11)13(19)22-2/h4-7H,3,8-9H2,1-2H3,(H2,16,17,18,21). The summed E-state index contributed by atoms with van der Waals surface area (Å²) in [5.74, 6) is -2.33. The van der Waals surface area contributed by atoms with Gasteiger partial charge in [-0.15, -0.1) is 0 Å². The Morgan fingerprint density at radius 1 is 1.04 bits per heavy atom. The summed E-state index contributed by atoms with van der Waals surface area (Å²) in [6.45, 7) is 1.64. The van der Waals surface area contributed by atoms with Gasteiger partial charge in [0.15, 0.2) is 6.61 Å². The molecule has 0 bridgehead atoms. The summed E-state index contributed by atoms with van der Waals surface area (Å²) in [5.41, 5.74) is 0.00341. The number of methoxy groups -OCH3 is 1. The minimum Gasteiger partial charge on any atom is -0.465 e. The van der Waals surface area contributed by atoms with E-state index in [1.54, 1.807) is 12.1 Å². The molecule has 0 radical (unpaired) electrons. The normalized spacial score (nSPS) is 9.65. The van der Waals surface area contributed by atoms with Gasteiger partial charge in [-0.05, 0) is 18.6 Å². The third kappa shape index (κ3) is 5.77. The van der Waals surface area contributed by atoms with Crippen molar-refractivity contribution in [2.24, 2.45) is 0 Å². The molecule has 1 aromatic rings. The number of urea groups is 1. The molecule has 0 aromatic heterocycles. The Kier molecular flexibility index (Phi) is 7.25. The van der Waals surface area contributed by atoms with E-state index in [9.17, 15) is 19.2 Å². The number of hydrogen-bond acceptors (Lipinski definition) is 6. The lowest BCUT2D eigenvalue weighted by molar-refractivity contribution is -0.123. The second kappa shape index (κ2) is 9.19. The van der Waals surface area contributed by atoms with E-state index < -0.39 is 30.5 Å². The molecule has 3 amide bonds. The number of imide groups is 1. The molecule has 8 heteroatoms. The summed E-state index contributed by atoms with van der Waals surface area (Å²) in [6, 6.07) is 5.22. The predicted octanol–water partition coefficient (Wildman–Crippen LogP) is 0.866. The second-order valence-electron chi connectivity index (χ2n) is 4.42. The Morgan fingerprint density at radius 2 is 1.65 bits per heavy atom. The number of hydrogen-bond donors (Lipinski definition) is 2. The minimum atomic E-state index is -0.866. The molecule has 1 aromatic carbocycles. The van der Waals surface area contributed by atoms with Gasteiger partial charge >= 0.3 is 18.0 Å². The number of nitrogens with one attached hydrogen (secondary N) is 2. The van der Waals surface area contributed by atoms with Gasteiger partial charge in [-0.1, -0.05) is 19.1 Å². The Morgan fingerprint density at radius 3 is 2.22 bits per heavy atom. The molecule has 124 valence electrons. The average Bonchev–Trinajstić information content (AvgIpc) is 2.57. The average molecular weight is 322 g/mol. The van der Waals surface area contributed by atoms with E-state index in [1.807, 2.05) is 12.2 Å². The molecule has 0 saturated carbocycles. The Bertz CT molecular complexity index is 599. The fourth-order valence-corrected chi connectivity index (χ4v) is 1.60. The van der Waals surface area contributed by atoms with E-state index in [2.05, 4.69) is 10.1 Å². The Balaban J connectivity index is 2.59. The van der Waals surface area contributed by atoms with Crippen molar-refractivity contribution in [1.29, 1.82) is 0 Å². The van der Waals surface area contributed by atoms with Gasteiger partial charge in [0, 0.05) is 6.54 Å². The smallest absolute Gasteiger partial charge is 0.339 e. The molecule has 0 unspecified atom stereocenters.